The van der Waals surface area contributed by atoms with Crippen molar-refractivity contribution in [2.45, 2.75) is 79.8 Å². The largest absolute Gasteiger partial charge is 0.367 e. The van der Waals surface area contributed by atoms with Crippen LogP contribution >= 0.6 is 0 Å². The van der Waals surface area contributed by atoms with Crippen molar-refractivity contribution in [3.05, 3.63) is 89.1 Å². The number of nitrogens with zero attached hydrogens (tertiary/aromatic N) is 5. The topological polar surface area (TPSA) is 44.6 Å². The number of piperazine rings is 1. The van der Waals surface area contributed by atoms with Crippen LogP contribution in [0.1, 0.15) is 72.1 Å². The van der Waals surface area contributed by atoms with Gasteiger partial charge in [-0.05, 0) is 108 Å². The third-order valence-corrected chi connectivity index (χ3v) is 7.56. The van der Waals surface area contributed by atoms with Crippen LogP contribution in [0.15, 0.2) is 82.8 Å². The number of aliphatic imine (C=N–C) groups is 1. The molecule has 0 amide bonds. The molecule has 1 aliphatic carbocycles. The van der Waals surface area contributed by atoms with E-state index in [1.165, 1.54) is 27.9 Å². The average molecular weight is 510 g/mol. The molecule has 0 aromatic carbocycles. The van der Waals surface area contributed by atoms with Crippen LogP contribution < -0.4 is 4.90 Å². The normalized spacial score (nSPS) is 21.1. The molecule has 2 aromatic heterocycles. The van der Waals surface area contributed by atoms with Crippen molar-refractivity contribution < 1.29 is 0 Å². The fourth-order valence-electron chi connectivity index (χ4n) is 6.09. The first-order valence-electron chi connectivity index (χ1n) is 13.8. The Bertz CT molecular complexity index is 1280. The van der Waals surface area contributed by atoms with Crippen molar-refractivity contribution in [1.82, 2.24) is 14.9 Å². The first kappa shape index (κ1) is 27.6. The molecule has 0 radical (unpaired) electrons. The molecule has 5 heteroatoms. The molecule has 1 saturated heterocycles. The summed E-state index contributed by atoms with van der Waals surface area (Å²) in [5, 5.41) is 0. The van der Waals surface area contributed by atoms with Gasteiger partial charge in [-0.25, -0.2) is 9.98 Å². The van der Waals surface area contributed by atoms with Gasteiger partial charge in [0.1, 0.15) is 0 Å². The predicted molar refractivity (Wildman–Crippen MR) is 162 cm³/mol. The number of hydrogen-bond donors (Lipinski definition) is 0. The number of hydrogen-bond acceptors (Lipinski definition) is 5. The van der Waals surface area contributed by atoms with Crippen LogP contribution in [0.3, 0.4) is 0 Å². The lowest BCUT2D eigenvalue weighted by Gasteiger charge is -2.46. The standard InChI is InChI=1S/C33H43N5/c1-22(2)38-27(7)20-37(21-28(38)8)31-12-13-32(35-19-31)36-26(6)17-29-11-9-10-23(3)33(24(4)16-29)30-14-15-34-25(5)18-30/h11-16,18-19,27-28H,1,9-10,17,20-21H2,2-8H3. The van der Waals surface area contributed by atoms with Gasteiger partial charge in [-0.1, -0.05) is 24.3 Å². The van der Waals surface area contributed by atoms with Crippen molar-refractivity contribution in [1.29, 1.82) is 0 Å². The summed E-state index contributed by atoms with van der Waals surface area (Å²) in [5.74, 6) is 0.767. The highest BCUT2D eigenvalue weighted by Crippen LogP contribution is 2.32. The average Bonchev–Trinajstić information content (AvgIpc) is 2.83. The Hall–Kier alpha value is -3.47. The molecule has 5 nitrogen and oxygen atoms in total. The van der Waals surface area contributed by atoms with Crippen molar-refractivity contribution in [2.24, 2.45) is 4.99 Å². The predicted octanol–water partition coefficient (Wildman–Crippen LogP) is 7.84. The van der Waals surface area contributed by atoms with Gasteiger partial charge in [0.2, 0.25) is 0 Å². The second-order valence-electron chi connectivity index (χ2n) is 11.1. The maximum atomic E-state index is 4.86. The molecule has 1 fully saturated rings. The van der Waals surface area contributed by atoms with E-state index in [4.69, 9.17) is 9.98 Å². The van der Waals surface area contributed by atoms with Crippen molar-refractivity contribution in [3.8, 4) is 0 Å². The summed E-state index contributed by atoms with van der Waals surface area (Å²) < 4.78 is 0. The van der Waals surface area contributed by atoms with Crippen molar-refractivity contribution in [3.63, 3.8) is 0 Å². The molecule has 0 saturated carbocycles. The zero-order valence-electron chi connectivity index (χ0n) is 24.3. The monoisotopic (exact) mass is 509 g/mol. The van der Waals surface area contributed by atoms with E-state index >= 15 is 0 Å². The van der Waals surface area contributed by atoms with Gasteiger partial charge in [0.15, 0.2) is 5.82 Å². The smallest absolute Gasteiger partial charge is 0.151 e. The Morgan fingerprint density at radius 2 is 1.79 bits per heavy atom. The van der Waals surface area contributed by atoms with Crippen LogP contribution in [0, 0.1) is 6.92 Å². The minimum atomic E-state index is 0.423. The number of allylic oxidation sites excluding steroid dienone is 7. The summed E-state index contributed by atoms with van der Waals surface area (Å²) in [5.41, 5.74) is 11.1. The summed E-state index contributed by atoms with van der Waals surface area (Å²) >= 11 is 0. The first-order chi connectivity index (χ1) is 18.1. The van der Waals surface area contributed by atoms with Crippen LogP contribution in [0.5, 0.6) is 0 Å². The van der Waals surface area contributed by atoms with Crippen molar-refractivity contribution in [2.75, 3.05) is 18.0 Å². The highest BCUT2D eigenvalue weighted by atomic mass is 15.3. The number of aromatic nitrogens is 2. The van der Waals surface area contributed by atoms with E-state index in [9.17, 15) is 0 Å². The van der Waals surface area contributed by atoms with Gasteiger partial charge < -0.3 is 9.80 Å². The number of rotatable bonds is 6. The fourth-order valence-corrected chi connectivity index (χ4v) is 6.09. The van der Waals surface area contributed by atoms with E-state index in [1.807, 2.05) is 18.5 Å². The zero-order valence-corrected chi connectivity index (χ0v) is 24.3. The number of anilines is 1. The van der Waals surface area contributed by atoms with Crippen LogP contribution in [0.25, 0.3) is 5.57 Å². The summed E-state index contributed by atoms with van der Waals surface area (Å²) in [6.45, 7) is 21.4. The molecular formula is C33H43N5. The van der Waals surface area contributed by atoms with Gasteiger partial charge in [0, 0.05) is 54.9 Å². The van der Waals surface area contributed by atoms with Gasteiger partial charge >= 0.3 is 0 Å². The maximum Gasteiger partial charge on any atom is 0.151 e. The molecule has 2 aliphatic rings. The van der Waals surface area contributed by atoms with Gasteiger partial charge in [0.25, 0.3) is 0 Å². The maximum absolute atomic E-state index is 4.86. The number of pyridine rings is 2. The quantitative estimate of drug-likeness (QED) is 0.372. The summed E-state index contributed by atoms with van der Waals surface area (Å²) in [6.07, 6.45) is 11.5. The van der Waals surface area contributed by atoms with Crippen LogP contribution in [-0.2, 0) is 0 Å². The van der Waals surface area contributed by atoms with Gasteiger partial charge in [0.05, 0.1) is 11.9 Å². The Kier molecular flexibility index (Phi) is 8.65. The lowest BCUT2D eigenvalue weighted by atomic mass is 9.88. The van der Waals surface area contributed by atoms with E-state index in [0.717, 1.165) is 61.0 Å². The highest BCUT2D eigenvalue weighted by Gasteiger charge is 2.29. The first-order valence-corrected chi connectivity index (χ1v) is 13.8. The van der Waals surface area contributed by atoms with E-state index < -0.39 is 0 Å². The summed E-state index contributed by atoms with van der Waals surface area (Å²) in [7, 11) is 0. The lowest BCUT2D eigenvalue weighted by Crippen LogP contribution is -2.55. The van der Waals surface area contributed by atoms with Crippen LogP contribution in [0.2, 0.25) is 0 Å². The Labute approximate surface area is 229 Å². The molecule has 0 N–H and O–H groups in total. The molecule has 38 heavy (non-hydrogen) atoms. The Morgan fingerprint density at radius 3 is 2.42 bits per heavy atom. The summed E-state index contributed by atoms with van der Waals surface area (Å²) in [6, 6.07) is 9.36. The molecular weight excluding hydrogens is 466 g/mol. The summed E-state index contributed by atoms with van der Waals surface area (Å²) in [4.78, 5) is 18.8. The zero-order chi connectivity index (χ0) is 27.4. The van der Waals surface area contributed by atoms with Gasteiger partial charge in [-0.3, -0.25) is 4.98 Å². The van der Waals surface area contributed by atoms with Crippen molar-refractivity contribution >= 4 is 22.8 Å². The molecule has 0 spiro atoms. The second-order valence-corrected chi connectivity index (χ2v) is 11.1. The highest BCUT2D eigenvalue weighted by molar-refractivity contribution is 5.88. The molecule has 2 aromatic rings. The molecule has 200 valence electrons. The van der Waals surface area contributed by atoms with E-state index in [1.54, 1.807) is 0 Å². The molecule has 0 bridgehead atoms. The van der Waals surface area contributed by atoms with E-state index in [0.29, 0.717) is 12.1 Å². The molecule has 3 heterocycles. The molecule has 4 rings (SSSR count). The van der Waals surface area contributed by atoms with Gasteiger partial charge in [-0.2, -0.15) is 0 Å². The second kappa shape index (κ2) is 11.9. The van der Waals surface area contributed by atoms with Crippen LogP contribution in [-0.4, -0.2) is 45.8 Å². The minimum Gasteiger partial charge on any atom is -0.367 e. The SMILES string of the molecule is C=C(C)N1C(C)CN(c2ccc(N=C(C)CC3=CCCC(C)=C(c4ccnc(C)c4)C(C)=C3)nc2)CC1C. The third kappa shape index (κ3) is 6.50. The van der Waals surface area contributed by atoms with Crippen LogP contribution in [0.4, 0.5) is 11.5 Å². The fraction of sp³-hybridized carbons (Fsp3) is 0.424. The van der Waals surface area contributed by atoms with E-state index in [2.05, 4.69) is 100 Å². The Balaban J connectivity index is 1.46. The third-order valence-electron chi connectivity index (χ3n) is 7.56. The van der Waals surface area contributed by atoms with Gasteiger partial charge in [-0.15, -0.1) is 0 Å². The Morgan fingerprint density at radius 1 is 1.05 bits per heavy atom. The number of aryl methyl sites for hydroxylation is 1. The minimum absolute atomic E-state index is 0.423. The molecule has 2 atom stereocenters. The molecule has 1 aliphatic heterocycles. The molecule has 2 unspecified atom stereocenters. The lowest BCUT2D eigenvalue weighted by molar-refractivity contribution is 0.180. The van der Waals surface area contributed by atoms with E-state index in [-0.39, 0.29) is 0 Å².